The molecule has 0 spiro atoms. The number of carbonyl (C=O) groups is 2. The summed E-state index contributed by atoms with van der Waals surface area (Å²) in [4.78, 5) is 23.6. The van der Waals surface area contributed by atoms with E-state index < -0.39 is 17.6 Å². The molecule has 2 aromatic rings. The number of carbonyl (C=O) groups excluding carboxylic acids is 2. The summed E-state index contributed by atoms with van der Waals surface area (Å²) in [6.45, 7) is 2.51. The highest BCUT2D eigenvalue weighted by molar-refractivity contribution is 6.05. The summed E-state index contributed by atoms with van der Waals surface area (Å²) in [7, 11) is 0. The Morgan fingerprint density at radius 3 is 2.81 bits per heavy atom. The summed E-state index contributed by atoms with van der Waals surface area (Å²) in [5.74, 6) is -0.812. The second-order valence-corrected chi connectivity index (χ2v) is 6.30. The first-order valence-electron chi connectivity index (χ1n) is 8.74. The van der Waals surface area contributed by atoms with Crippen LogP contribution in [-0.2, 0) is 9.53 Å². The number of halogens is 1. The van der Waals surface area contributed by atoms with Crippen molar-refractivity contribution in [1.29, 1.82) is 0 Å². The molecular weight excluding hydrogens is 351 g/mol. The maximum Gasteiger partial charge on any atom is 0.255 e. The van der Waals surface area contributed by atoms with Crippen molar-refractivity contribution in [2.45, 2.75) is 25.9 Å². The second-order valence-electron chi connectivity index (χ2n) is 6.30. The van der Waals surface area contributed by atoms with Crippen molar-refractivity contribution in [2.24, 2.45) is 0 Å². The fourth-order valence-corrected chi connectivity index (χ4v) is 2.78. The fourth-order valence-electron chi connectivity index (χ4n) is 2.78. The molecule has 142 valence electrons. The van der Waals surface area contributed by atoms with Gasteiger partial charge in [-0.1, -0.05) is 6.07 Å². The molecule has 0 aliphatic carbocycles. The van der Waals surface area contributed by atoms with Gasteiger partial charge >= 0.3 is 0 Å². The number of amides is 2. The van der Waals surface area contributed by atoms with Crippen LogP contribution in [0.3, 0.4) is 0 Å². The number of nitrogens with one attached hydrogen (secondary N) is 2. The molecule has 1 aliphatic heterocycles. The lowest BCUT2D eigenvalue weighted by atomic mass is 10.1. The molecule has 1 heterocycles. The molecule has 1 unspecified atom stereocenters. The smallest absolute Gasteiger partial charge is 0.255 e. The zero-order valence-corrected chi connectivity index (χ0v) is 15.0. The van der Waals surface area contributed by atoms with E-state index in [9.17, 15) is 14.0 Å². The number of ether oxygens (including phenoxy) is 2. The molecule has 1 fully saturated rings. The molecule has 0 saturated carbocycles. The van der Waals surface area contributed by atoms with Crippen LogP contribution in [0.25, 0.3) is 0 Å². The molecule has 0 radical (unpaired) electrons. The van der Waals surface area contributed by atoms with E-state index in [-0.39, 0.29) is 17.4 Å². The molecule has 6 nitrogen and oxygen atoms in total. The van der Waals surface area contributed by atoms with Crippen LogP contribution in [0.15, 0.2) is 42.5 Å². The summed E-state index contributed by atoms with van der Waals surface area (Å²) < 4.78 is 25.0. The van der Waals surface area contributed by atoms with Gasteiger partial charge in [-0.05, 0) is 43.2 Å². The zero-order chi connectivity index (χ0) is 19.2. The molecule has 27 heavy (non-hydrogen) atoms. The van der Waals surface area contributed by atoms with Gasteiger partial charge in [0.15, 0.2) is 0 Å². The first-order chi connectivity index (χ1) is 13.0. The van der Waals surface area contributed by atoms with Gasteiger partial charge in [0.25, 0.3) is 5.91 Å². The van der Waals surface area contributed by atoms with E-state index >= 15 is 0 Å². The van der Waals surface area contributed by atoms with Gasteiger partial charge in [-0.25, -0.2) is 4.39 Å². The van der Waals surface area contributed by atoms with Gasteiger partial charge in [-0.15, -0.1) is 0 Å². The molecule has 0 aromatic heterocycles. The molecule has 2 amide bonds. The Kier molecular flexibility index (Phi) is 6.03. The quantitative estimate of drug-likeness (QED) is 0.812. The van der Waals surface area contributed by atoms with E-state index in [0.717, 1.165) is 25.5 Å². The third-order valence-corrected chi connectivity index (χ3v) is 4.09. The van der Waals surface area contributed by atoms with Crippen molar-refractivity contribution >= 4 is 23.2 Å². The molecule has 7 heteroatoms. The number of benzene rings is 2. The summed E-state index contributed by atoms with van der Waals surface area (Å²) in [6.07, 6.45) is 2.13. The minimum Gasteiger partial charge on any atom is -0.491 e. The van der Waals surface area contributed by atoms with Gasteiger partial charge in [0.2, 0.25) is 5.91 Å². The fraction of sp³-hybridized carbons (Fsp3) is 0.300. The van der Waals surface area contributed by atoms with Crippen LogP contribution in [-0.4, -0.2) is 31.1 Å². The van der Waals surface area contributed by atoms with Crippen LogP contribution >= 0.6 is 0 Å². The zero-order valence-electron chi connectivity index (χ0n) is 15.0. The van der Waals surface area contributed by atoms with Gasteiger partial charge in [0, 0.05) is 30.8 Å². The molecule has 1 saturated heterocycles. The second kappa shape index (κ2) is 8.64. The van der Waals surface area contributed by atoms with Crippen LogP contribution in [0.5, 0.6) is 5.75 Å². The number of hydrogen-bond acceptors (Lipinski definition) is 4. The number of hydrogen-bond donors (Lipinski definition) is 2. The average molecular weight is 372 g/mol. The molecule has 1 aliphatic rings. The predicted molar refractivity (Wildman–Crippen MR) is 99.6 cm³/mol. The molecule has 0 bridgehead atoms. The Labute approximate surface area is 156 Å². The lowest BCUT2D eigenvalue weighted by molar-refractivity contribution is -0.114. The number of rotatable bonds is 6. The monoisotopic (exact) mass is 372 g/mol. The first-order valence-corrected chi connectivity index (χ1v) is 8.74. The third kappa shape index (κ3) is 5.27. The maximum absolute atomic E-state index is 13.7. The van der Waals surface area contributed by atoms with Crippen molar-refractivity contribution in [3.8, 4) is 5.75 Å². The van der Waals surface area contributed by atoms with Crippen molar-refractivity contribution in [3.63, 3.8) is 0 Å². The van der Waals surface area contributed by atoms with Crippen molar-refractivity contribution < 1.29 is 23.5 Å². The highest BCUT2D eigenvalue weighted by Gasteiger charge is 2.16. The minimum absolute atomic E-state index is 0.0382. The van der Waals surface area contributed by atoms with Crippen molar-refractivity contribution in [1.82, 2.24) is 0 Å². The lowest BCUT2D eigenvalue weighted by Crippen LogP contribution is -2.16. The summed E-state index contributed by atoms with van der Waals surface area (Å²) >= 11 is 0. The molecule has 2 N–H and O–H groups in total. The highest BCUT2D eigenvalue weighted by atomic mass is 19.1. The Balaban J connectivity index is 1.65. The predicted octanol–water partition coefficient (Wildman–Crippen LogP) is 3.59. The van der Waals surface area contributed by atoms with Gasteiger partial charge in [-0.2, -0.15) is 0 Å². The molecule has 1 atom stereocenters. The van der Waals surface area contributed by atoms with Gasteiger partial charge in [0.05, 0.1) is 11.8 Å². The number of anilines is 2. The topological polar surface area (TPSA) is 76.7 Å². The average Bonchev–Trinajstić information content (AvgIpc) is 3.15. The minimum atomic E-state index is -0.605. The van der Waals surface area contributed by atoms with Crippen molar-refractivity contribution in [2.75, 3.05) is 23.8 Å². The summed E-state index contributed by atoms with van der Waals surface area (Å²) in [5.41, 5.74) is 0.741. The lowest BCUT2D eigenvalue weighted by Gasteiger charge is -2.13. The largest absolute Gasteiger partial charge is 0.491 e. The van der Waals surface area contributed by atoms with Crippen LogP contribution in [0.4, 0.5) is 15.8 Å². The van der Waals surface area contributed by atoms with Crippen molar-refractivity contribution in [3.05, 3.63) is 53.8 Å². The van der Waals surface area contributed by atoms with E-state index in [1.54, 1.807) is 24.3 Å². The van der Waals surface area contributed by atoms with Crippen LogP contribution in [0.2, 0.25) is 0 Å². The van der Waals surface area contributed by atoms with Crippen LogP contribution in [0, 0.1) is 5.82 Å². The van der Waals surface area contributed by atoms with Crippen LogP contribution < -0.4 is 15.4 Å². The normalized spacial score (nSPS) is 16.0. The standard InChI is InChI=1S/C20H21FN2O4/c1-13(24)22-19-10-14(7-8-18(19)21)20(25)23-15-4-2-5-16(11-15)27-12-17-6-3-9-26-17/h2,4-5,7-8,10-11,17H,3,6,9,12H2,1H3,(H,22,24)(H,23,25). The summed E-state index contributed by atoms with van der Waals surface area (Å²) in [5, 5.41) is 5.10. The van der Waals surface area contributed by atoms with E-state index in [2.05, 4.69) is 10.6 Å². The Hall–Kier alpha value is -2.93. The summed E-state index contributed by atoms with van der Waals surface area (Å²) in [6, 6.07) is 10.8. The van der Waals surface area contributed by atoms with E-state index in [1.807, 2.05) is 0 Å². The Bertz CT molecular complexity index is 834. The van der Waals surface area contributed by atoms with Gasteiger partial charge in [-0.3, -0.25) is 9.59 Å². The van der Waals surface area contributed by atoms with Crippen LogP contribution in [0.1, 0.15) is 30.1 Å². The van der Waals surface area contributed by atoms with E-state index in [0.29, 0.717) is 18.0 Å². The third-order valence-electron chi connectivity index (χ3n) is 4.09. The molecule has 3 rings (SSSR count). The van der Waals surface area contributed by atoms with E-state index in [1.165, 1.54) is 19.1 Å². The molecule has 2 aromatic carbocycles. The van der Waals surface area contributed by atoms with E-state index in [4.69, 9.17) is 9.47 Å². The van der Waals surface area contributed by atoms with Gasteiger partial charge < -0.3 is 20.1 Å². The maximum atomic E-state index is 13.7. The van der Waals surface area contributed by atoms with Gasteiger partial charge in [0.1, 0.15) is 18.2 Å². The Morgan fingerprint density at radius 2 is 2.07 bits per heavy atom. The Morgan fingerprint density at radius 1 is 1.22 bits per heavy atom. The molecular formula is C20H21FN2O4. The first kappa shape index (κ1) is 18.8. The highest BCUT2D eigenvalue weighted by Crippen LogP contribution is 2.21. The SMILES string of the molecule is CC(=O)Nc1cc(C(=O)Nc2cccc(OCC3CCCO3)c2)ccc1F.